The molecule has 0 unspecified atom stereocenters. The number of amides is 1. The number of piperazine rings is 1. The minimum atomic E-state index is -0.0453. The lowest BCUT2D eigenvalue weighted by Crippen LogP contribution is -3.19. The third-order valence-electron chi connectivity index (χ3n) is 6.31. The maximum Gasteiger partial charge on any atom is 0.278 e. The number of hydrogen-bond acceptors (Lipinski definition) is 3. The highest BCUT2D eigenvalue weighted by molar-refractivity contribution is 5.80. The number of hydrogen-bond donors (Lipinski definition) is 3. The lowest BCUT2D eigenvalue weighted by Gasteiger charge is -2.36. The highest BCUT2D eigenvalue weighted by atomic mass is 16.3. The smallest absolute Gasteiger partial charge is 0.278 e. The largest absolute Gasteiger partial charge is 0.508 e. The topological polar surface area (TPSA) is 57.0 Å². The predicted molar refractivity (Wildman–Crippen MR) is 111 cm³/mol. The molecule has 2 atom stereocenters. The number of aryl methyl sites for hydroxylation is 1. The standard InChI is InChI=1S/C23H29N3O2/c1-17(23(28)24-22-8-4-6-18-5-2-3-7-21(18)22)25-13-15-26(16-14-25)19-9-11-20(27)12-10-19/h2-3,5,7,9-12,17,22,27H,4,6,8,13-16H2,1H3,(H,24,28)/p+1/t17-,22+/m1/s1. The van der Waals surface area contributed by atoms with Gasteiger partial charge in [0.1, 0.15) is 5.75 Å². The summed E-state index contributed by atoms with van der Waals surface area (Å²) in [7, 11) is 0. The molecule has 2 aromatic rings. The van der Waals surface area contributed by atoms with Crippen LogP contribution in [0.15, 0.2) is 48.5 Å². The molecular weight excluding hydrogens is 350 g/mol. The minimum absolute atomic E-state index is 0.0453. The second-order valence-electron chi connectivity index (χ2n) is 8.04. The average Bonchev–Trinajstić information content (AvgIpc) is 2.74. The van der Waals surface area contributed by atoms with Gasteiger partial charge in [-0.1, -0.05) is 24.3 Å². The fourth-order valence-corrected chi connectivity index (χ4v) is 4.53. The number of anilines is 1. The van der Waals surface area contributed by atoms with Gasteiger partial charge in [-0.3, -0.25) is 4.79 Å². The highest BCUT2D eigenvalue weighted by Crippen LogP contribution is 2.29. The summed E-state index contributed by atoms with van der Waals surface area (Å²) in [6.07, 6.45) is 3.27. The van der Waals surface area contributed by atoms with E-state index >= 15 is 0 Å². The number of carbonyl (C=O) groups is 1. The van der Waals surface area contributed by atoms with Crippen molar-refractivity contribution in [1.29, 1.82) is 0 Å². The number of phenols is 1. The van der Waals surface area contributed by atoms with Gasteiger partial charge in [-0.05, 0) is 61.6 Å². The molecule has 0 aromatic heterocycles. The number of nitrogens with one attached hydrogen (secondary N) is 2. The van der Waals surface area contributed by atoms with Crippen molar-refractivity contribution in [3.63, 3.8) is 0 Å². The molecule has 1 heterocycles. The zero-order valence-corrected chi connectivity index (χ0v) is 16.5. The number of rotatable bonds is 4. The monoisotopic (exact) mass is 380 g/mol. The number of benzene rings is 2. The Labute approximate surface area is 167 Å². The van der Waals surface area contributed by atoms with Crippen molar-refractivity contribution in [2.45, 2.75) is 38.3 Å². The van der Waals surface area contributed by atoms with E-state index in [9.17, 15) is 9.90 Å². The summed E-state index contributed by atoms with van der Waals surface area (Å²) in [6, 6.07) is 16.0. The van der Waals surface area contributed by atoms with Gasteiger partial charge in [0, 0.05) is 5.69 Å². The summed E-state index contributed by atoms with van der Waals surface area (Å²) in [5, 5.41) is 12.8. The normalized spacial score (nSPS) is 21.0. The van der Waals surface area contributed by atoms with Crippen LogP contribution in [0.25, 0.3) is 0 Å². The van der Waals surface area contributed by atoms with Crippen molar-refractivity contribution in [2.75, 3.05) is 31.1 Å². The number of aromatic hydroxyl groups is 1. The first kappa shape index (κ1) is 18.8. The molecule has 5 heteroatoms. The number of nitrogens with zero attached hydrogens (tertiary/aromatic N) is 1. The summed E-state index contributed by atoms with van der Waals surface area (Å²) < 4.78 is 0. The molecule has 1 aliphatic heterocycles. The van der Waals surface area contributed by atoms with Gasteiger partial charge >= 0.3 is 0 Å². The third kappa shape index (κ3) is 3.99. The lowest BCUT2D eigenvalue weighted by molar-refractivity contribution is -0.914. The first-order chi connectivity index (χ1) is 13.6. The van der Waals surface area contributed by atoms with Crippen LogP contribution in [0.5, 0.6) is 5.75 Å². The average molecular weight is 381 g/mol. The molecule has 1 saturated heterocycles. The first-order valence-electron chi connectivity index (χ1n) is 10.4. The van der Waals surface area contributed by atoms with E-state index < -0.39 is 0 Å². The van der Waals surface area contributed by atoms with Crippen molar-refractivity contribution in [3.05, 3.63) is 59.7 Å². The SMILES string of the molecule is C[C@H](C(=O)N[C@H]1CCCc2ccccc21)[NH+]1CCN(c2ccc(O)cc2)CC1. The lowest BCUT2D eigenvalue weighted by atomic mass is 9.87. The Morgan fingerprint density at radius 3 is 2.61 bits per heavy atom. The van der Waals surface area contributed by atoms with E-state index in [1.54, 1.807) is 12.1 Å². The second kappa shape index (κ2) is 8.23. The van der Waals surface area contributed by atoms with Gasteiger partial charge in [-0.15, -0.1) is 0 Å². The molecule has 0 saturated carbocycles. The van der Waals surface area contributed by atoms with Crippen molar-refractivity contribution < 1.29 is 14.8 Å². The molecule has 1 amide bonds. The van der Waals surface area contributed by atoms with E-state index in [2.05, 4.69) is 41.4 Å². The Morgan fingerprint density at radius 1 is 1.14 bits per heavy atom. The summed E-state index contributed by atoms with van der Waals surface area (Å²) in [6.45, 7) is 5.77. The number of fused-ring (bicyclic) bond motifs is 1. The number of phenolic OH excluding ortho intramolecular Hbond substituents is 1. The van der Waals surface area contributed by atoms with Crippen LogP contribution in [0, 0.1) is 0 Å². The molecule has 0 spiro atoms. The molecule has 2 aliphatic rings. The zero-order valence-electron chi connectivity index (χ0n) is 16.5. The van der Waals surface area contributed by atoms with Gasteiger partial charge < -0.3 is 20.2 Å². The zero-order chi connectivity index (χ0) is 19.5. The van der Waals surface area contributed by atoms with Gasteiger partial charge in [-0.25, -0.2) is 0 Å². The molecule has 3 N–H and O–H groups in total. The van der Waals surface area contributed by atoms with Crippen LogP contribution in [0.4, 0.5) is 5.69 Å². The fraction of sp³-hybridized carbons (Fsp3) is 0.435. The Bertz CT molecular complexity index is 813. The van der Waals surface area contributed by atoms with Crippen LogP contribution < -0.4 is 15.1 Å². The van der Waals surface area contributed by atoms with Crippen LogP contribution in [0.2, 0.25) is 0 Å². The first-order valence-corrected chi connectivity index (χ1v) is 10.4. The van der Waals surface area contributed by atoms with Crippen molar-refractivity contribution in [2.24, 2.45) is 0 Å². The number of carbonyl (C=O) groups excluding carboxylic acids is 1. The van der Waals surface area contributed by atoms with Gasteiger partial charge in [0.2, 0.25) is 0 Å². The molecule has 28 heavy (non-hydrogen) atoms. The van der Waals surface area contributed by atoms with Crippen LogP contribution in [0.1, 0.15) is 36.9 Å². The molecule has 5 nitrogen and oxygen atoms in total. The third-order valence-corrected chi connectivity index (χ3v) is 6.31. The van der Waals surface area contributed by atoms with Crippen LogP contribution in [-0.2, 0) is 11.2 Å². The molecule has 2 aromatic carbocycles. The van der Waals surface area contributed by atoms with E-state index in [4.69, 9.17) is 0 Å². The molecule has 148 valence electrons. The molecular formula is C23H30N3O2+. The summed E-state index contributed by atoms with van der Waals surface area (Å²) >= 11 is 0. The van der Waals surface area contributed by atoms with E-state index in [1.165, 1.54) is 16.0 Å². The Balaban J connectivity index is 1.33. The van der Waals surface area contributed by atoms with E-state index in [-0.39, 0.29) is 18.0 Å². The molecule has 0 bridgehead atoms. The molecule has 1 fully saturated rings. The molecule has 1 aliphatic carbocycles. The molecule has 4 rings (SSSR count). The predicted octanol–water partition coefficient (Wildman–Crippen LogP) is 1.68. The van der Waals surface area contributed by atoms with E-state index in [0.29, 0.717) is 5.75 Å². The minimum Gasteiger partial charge on any atom is -0.508 e. The molecule has 0 radical (unpaired) electrons. The summed E-state index contributed by atoms with van der Waals surface area (Å²) in [4.78, 5) is 16.6. The number of quaternary nitrogens is 1. The van der Waals surface area contributed by atoms with Crippen molar-refractivity contribution >= 4 is 11.6 Å². The maximum atomic E-state index is 12.9. The Hall–Kier alpha value is -2.53. The Morgan fingerprint density at radius 2 is 1.86 bits per heavy atom. The summed E-state index contributed by atoms with van der Waals surface area (Å²) in [5.74, 6) is 0.456. The fourth-order valence-electron chi connectivity index (χ4n) is 4.53. The quantitative estimate of drug-likeness (QED) is 0.757. The van der Waals surface area contributed by atoms with Crippen LogP contribution in [0.3, 0.4) is 0 Å². The summed E-state index contributed by atoms with van der Waals surface area (Å²) in [5.41, 5.74) is 3.80. The van der Waals surface area contributed by atoms with Gasteiger partial charge in [-0.2, -0.15) is 0 Å². The van der Waals surface area contributed by atoms with Crippen LogP contribution in [-0.4, -0.2) is 43.2 Å². The van der Waals surface area contributed by atoms with Crippen molar-refractivity contribution in [3.8, 4) is 5.75 Å². The van der Waals surface area contributed by atoms with Gasteiger partial charge in [0.25, 0.3) is 5.91 Å². The van der Waals surface area contributed by atoms with Crippen molar-refractivity contribution in [1.82, 2.24) is 5.32 Å². The van der Waals surface area contributed by atoms with Gasteiger partial charge in [0.05, 0.1) is 32.2 Å². The second-order valence-corrected chi connectivity index (χ2v) is 8.04. The Kier molecular flexibility index (Phi) is 5.53. The van der Waals surface area contributed by atoms with E-state index in [1.807, 2.05) is 12.1 Å². The highest BCUT2D eigenvalue weighted by Gasteiger charge is 2.31. The van der Waals surface area contributed by atoms with Crippen LogP contribution >= 0.6 is 0 Å². The maximum absolute atomic E-state index is 12.9. The van der Waals surface area contributed by atoms with E-state index in [0.717, 1.165) is 51.1 Å². The van der Waals surface area contributed by atoms with Gasteiger partial charge in [0.15, 0.2) is 6.04 Å².